The van der Waals surface area contributed by atoms with Crippen molar-refractivity contribution in [3.8, 4) is 11.1 Å². The van der Waals surface area contributed by atoms with Crippen LogP contribution in [0.15, 0.2) is 48.5 Å². The van der Waals surface area contributed by atoms with Crippen molar-refractivity contribution in [2.45, 2.75) is 188 Å². The average Bonchev–Trinajstić information content (AvgIpc) is 3.91. The minimum absolute atomic E-state index is 0.0276. The van der Waals surface area contributed by atoms with Crippen LogP contribution in [0.1, 0.15) is 140 Å². The highest BCUT2D eigenvalue weighted by Crippen LogP contribution is 2.44. The van der Waals surface area contributed by atoms with Crippen molar-refractivity contribution in [1.82, 2.24) is 36.8 Å². The summed E-state index contributed by atoms with van der Waals surface area (Å²) in [4.78, 5) is 111. The first-order valence-electron chi connectivity index (χ1n) is 26.0. The number of nitrogens with one attached hydrogen (secondary N) is 6. The molecule has 410 valence electrons. The number of fused-ring (bicyclic) bond motifs is 3. The molecule has 4 rings (SSSR count). The molecule has 0 aromatic heterocycles. The summed E-state index contributed by atoms with van der Waals surface area (Å²) in [5.41, 5.74) is 2.58. The molecule has 1 aliphatic heterocycles. The van der Waals surface area contributed by atoms with Crippen LogP contribution in [-0.2, 0) is 47.8 Å². The van der Waals surface area contributed by atoms with E-state index in [1.165, 1.54) is 4.90 Å². The molecule has 1 heterocycles. The Morgan fingerprint density at radius 3 is 1.61 bits per heavy atom. The topological polar surface area (TPSA) is 260 Å². The smallest absolute Gasteiger partial charge is 0.407 e. The highest BCUT2D eigenvalue weighted by molar-refractivity contribution is 5.97. The van der Waals surface area contributed by atoms with E-state index in [1.807, 2.05) is 76.2 Å². The Morgan fingerprint density at radius 1 is 0.622 bits per heavy atom. The fraction of sp³-hybridized carbons (Fsp3) is 0.636. The molecule has 2 aromatic rings. The van der Waals surface area contributed by atoms with Gasteiger partial charge in [0.25, 0.3) is 0 Å². The number of nitrogens with zero attached hydrogens (tertiary/aromatic N) is 1. The molecule has 0 unspecified atom stereocenters. The first-order chi connectivity index (χ1) is 34.5. The molecule has 2 aliphatic rings. The molecule has 74 heavy (non-hydrogen) atoms. The molecule has 0 bridgehead atoms. The maximum absolute atomic E-state index is 14.6. The van der Waals surface area contributed by atoms with Crippen molar-refractivity contribution in [2.24, 2.45) is 17.8 Å². The fourth-order valence-corrected chi connectivity index (χ4v) is 9.51. The Bertz CT molecular complexity index is 2260. The van der Waals surface area contributed by atoms with E-state index in [0.717, 1.165) is 22.3 Å². The molecule has 0 spiro atoms. The van der Waals surface area contributed by atoms with Gasteiger partial charge in [-0.25, -0.2) is 9.59 Å². The van der Waals surface area contributed by atoms with Crippen LogP contribution in [0.2, 0.25) is 0 Å². The Balaban J connectivity index is 1.51. The van der Waals surface area contributed by atoms with Gasteiger partial charge in [-0.05, 0) is 121 Å². The molecule has 19 nitrogen and oxygen atoms in total. The number of amides is 7. The number of carboxylic acid groups (broad SMARTS) is 1. The zero-order valence-corrected chi connectivity index (χ0v) is 45.9. The lowest BCUT2D eigenvalue weighted by Crippen LogP contribution is -2.63. The van der Waals surface area contributed by atoms with E-state index in [1.54, 1.807) is 69.2 Å². The van der Waals surface area contributed by atoms with Gasteiger partial charge in [0, 0.05) is 12.5 Å². The third kappa shape index (κ3) is 17.5. The normalized spacial score (nSPS) is 17.5. The molecule has 7 amide bonds. The molecular formula is C55H83N7O12. The Hall–Kier alpha value is -6.08. The van der Waals surface area contributed by atoms with Crippen LogP contribution in [0.3, 0.4) is 0 Å². The van der Waals surface area contributed by atoms with Crippen LogP contribution in [0.5, 0.6) is 0 Å². The Labute approximate surface area is 437 Å². The SMILES string of the molecule is CC(C)C[C@H](NC(=O)[C@@H](NC(=O)OCC1c2ccccc2-c2ccccc21)C(C)C)C(=O)N[C@H](C(=O)N[C@H](C(=O)NCC(=O)N[C@@H](CC(C)C)C(=O)N1CCC[C@H]1C(=O)O)[C@@H](C)OC(C)(C)C)[C@@H](C)OC(C)(C)C. The van der Waals surface area contributed by atoms with Gasteiger partial charge >= 0.3 is 12.1 Å². The summed E-state index contributed by atoms with van der Waals surface area (Å²) in [6, 6.07) is 8.62. The Kier molecular flexibility index (Phi) is 21.6. The summed E-state index contributed by atoms with van der Waals surface area (Å²) in [6.07, 6.45) is -1.65. The van der Waals surface area contributed by atoms with Crippen LogP contribution < -0.4 is 31.9 Å². The van der Waals surface area contributed by atoms with Crippen molar-refractivity contribution in [3.63, 3.8) is 0 Å². The molecule has 1 saturated heterocycles. The van der Waals surface area contributed by atoms with Gasteiger partial charge < -0.3 is 56.1 Å². The summed E-state index contributed by atoms with van der Waals surface area (Å²) in [5, 5.41) is 25.9. The minimum atomic E-state index is -1.45. The average molecular weight is 1030 g/mol. The summed E-state index contributed by atoms with van der Waals surface area (Å²) in [6.45, 7) is 24.4. The monoisotopic (exact) mass is 1030 g/mol. The van der Waals surface area contributed by atoms with E-state index in [9.17, 15) is 43.5 Å². The number of carboxylic acids is 1. The second kappa shape index (κ2) is 26.4. The van der Waals surface area contributed by atoms with Crippen molar-refractivity contribution in [3.05, 3.63) is 59.7 Å². The minimum Gasteiger partial charge on any atom is -0.480 e. The molecule has 8 atom stereocenters. The fourth-order valence-electron chi connectivity index (χ4n) is 9.51. The zero-order chi connectivity index (χ0) is 55.4. The number of hydrogen-bond acceptors (Lipinski definition) is 11. The van der Waals surface area contributed by atoms with Gasteiger partial charge in [-0.3, -0.25) is 28.8 Å². The van der Waals surface area contributed by atoms with Gasteiger partial charge in [-0.15, -0.1) is 0 Å². The largest absolute Gasteiger partial charge is 0.480 e. The van der Waals surface area contributed by atoms with Crippen molar-refractivity contribution in [2.75, 3.05) is 19.7 Å². The lowest BCUT2D eigenvalue weighted by atomic mass is 9.98. The number of rotatable bonds is 24. The molecule has 19 heteroatoms. The number of aliphatic carboxylic acids is 1. The van der Waals surface area contributed by atoms with Crippen LogP contribution in [-0.4, -0.2) is 137 Å². The molecule has 0 saturated carbocycles. The van der Waals surface area contributed by atoms with E-state index >= 15 is 0 Å². The number of carbonyl (C=O) groups excluding carboxylic acids is 7. The lowest BCUT2D eigenvalue weighted by Gasteiger charge is -2.35. The summed E-state index contributed by atoms with van der Waals surface area (Å²) in [5.74, 6) is -6.23. The van der Waals surface area contributed by atoms with Crippen molar-refractivity contribution in [1.29, 1.82) is 0 Å². The van der Waals surface area contributed by atoms with Gasteiger partial charge in [0.15, 0.2) is 0 Å². The van der Waals surface area contributed by atoms with Gasteiger partial charge in [0.05, 0.1) is 30.0 Å². The predicted octanol–water partition coefficient (Wildman–Crippen LogP) is 5.18. The summed E-state index contributed by atoms with van der Waals surface area (Å²) >= 11 is 0. The quantitative estimate of drug-likeness (QED) is 0.0718. The molecule has 2 aromatic carbocycles. The first-order valence-corrected chi connectivity index (χ1v) is 26.0. The molecule has 1 fully saturated rings. The van der Waals surface area contributed by atoms with Crippen LogP contribution in [0, 0.1) is 17.8 Å². The number of benzene rings is 2. The maximum atomic E-state index is 14.6. The maximum Gasteiger partial charge on any atom is 0.407 e. The van der Waals surface area contributed by atoms with Crippen LogP contribution in [0.25, 0.3) is 11.1 Å². The third-order valence-electron chi connectivity index (χ3n) is 12.7. The van der Waals surface area contributed by atoms with Gasteiger partial charge in [0.1, 0.15) is 42.9 Å². The number of hydrogen-bond donors (Lipinski definition) is 7. The second-order valence-corrected chi connectivity index (χ2v) is 22.7. The molecule has 0 radical (unpaired) electrons. The third-order valence-corrected chi connectivity index (χ3v) is 12.7. The standard InChI is InChI=1S/C55H83N7O12/c1-30(2)26-40(58-49(66)44(32(5)6)61-53(71)72-29-39-37-22-17-15-20-35(37)36-21-16-18-23-38(36)39)47(64)59-46(34(8)74-55(12,13)14)50(67)60-45(33(7)73-54(9,10)11)48(65)56-28-43(63)57-41(27-31(3)4)51(68)62-25-19-24-42(62)52(69)70/h15-18,20-23,30-34,39-42,44-46H,19,24-29H2,1-14H3,(H,56,65)(H,57,63)(H,58,66)(H,59,64)(H,60,67)(H,61,71)(H,69,70)/t33-,34-,40+,41+,42+,44+,45+,46+/m1/s1. The second-order valence-electron chi connectivity index (χ2n) is 22.7. The van der Waals surface area contributed by atoms with Gasteiger partial charge in [-0.1, -0.05) is 90.1 Å². The van der Waals surface area contributed by atoms with Gasteiger partial charge in [-0.2, -0.15) is 0 Å². The van der Waals surface area contributed by atoms with E-state index in [0.29, 0.717) is 12.8 Å². The van der Waals surface area contributed by atoms with E-state index in [4.69, 9.17) is 14.2 Å². The molecule has 1 aliphatic carbocycles. The summed E-state index contributed by atoms with van der Waals surface area (Å²) < 4.78 is 18.1. The van der Waals surface area contributed by atoms with Crippen LogP contribution >= 0.6 is 0 Å². The van der Waals surface area contributed by atoms with Crippen LogP contribution in [0.4, 0.5) is 4.79 Å². The van der Waals surface area contributed by atoms with E-state index < -0.39 is 120 Å². The number of ether oxygens (including phenoxy) is 3. The molecule has 7 N–H and O–H groups in total. The van der Waals surface area contributed by atoms with Crippen molar-refractivity contribution >= 4 is 47.5 Å². The summed E-state index contributed by atoms with van der Waals surface area (Å²) in [7, 11) is 0. The zero-order valence-electron chi connectivity index (χ0n) is 45.9. The van der Waals surface area contributed by atoms with E-state index in [-0.39, 0.29) is 43.7 Å². The van der Waals surface area contributed by atoms with Crippen molar-refractivity contribution < 1.29 is 57.7 Å². The first kappa shape index (κ1) is 60.5. The molecular weight excluding hydrogens is 951 g/mol. The number of carbonyl (C=O) groups is 8. The lowest BCUT2D eigenvalue weighted by molar-refractivity contribution is -0.149. The van der Waals surface area contributed by atoms with Gasteiger partial charge in [0.2, 0.25) is 35.4 Å². The predicted molar refractivity (Wildman–Crippen MR) is 279 cm³/mol. The number of likely N-dealkylation sites (tertiary alicyclic amines) is 1. The number of alkyl carbamates (subject to hydrolysis) is 1. The Morgan fingerprint density at radius 2 is 1.11 bits per heavy atom. The highest BCUT2D eigenvalue weighted by atomic mass is 16.5. The van der Waals surface area contributed by atoms with E-state index in [2.05, 4.69) is 31.9 Å². The highest BCUT2D eigenvalue weighted by Gasteiger charge is 2.41.